The Labute approximate surface area is 111 Å². The van der Waals surface area contributed by atoms with Crippen LogP contribution in [0.15, 0.2) is 43.0 Å². The molecule has 1 aromatic carbocycles. The van der Waals surface area contributed by atoms with E-state index in [9.17, 15) is 0 Å². The normalized spacial score (nSPS) is 15.1. The molecule has 18 heavy (non-hydrogen) atoms. The minimum Gasteiger partial charge on any atom is -0.294 e. The average Bonchev–Trinajstić information content (AvgIpc) is 2.33. The Morgan fingerprint density at radius 1 is 1.28 bits per heavy atom. The Morgan fingerprint density at radius 3 is 2.39 bits per heavy atom. The lowest BCUT2D eigenvalue weighted by atomic mass is 9.85. The standard InChI is InChI=1S/C16H25NO/c1-6-10-15(16(3,4)5)17-18-13(2)14-11-8-7-9-12-14/h6-9,11-13,15,17H,1,10H2,2-5H3. The van der Waals surface area contributed by atoms with E-state index in [2.05, 4.69) is 51.9 Å². The molecule has 2 nitrogen and oxygen atoms in total. The summed E-state index contributed by atoms with van der Waals surface area (Å²) in [6, 6.07) is 10.5. The Kier molecular flexibility index (Phi) is 5.57. The van der Waals surface area contributed by atoms with Gasteiger partial charge in [0.15, 0.2) is 0 Å². The van der Waals surface area contributed by atoms with Crippen LogP contribution in [-0.4, -0.2) is 6.04 Å². The number of nitrogens with one attached hydrogen (secondary N) is 1. The van der Waals surface area contributed by atoms with Gasteiger partial charge in [-0.25, -0.2) is 0 Å². The minimum atomic E-state index is 0.0425. The molecule has 0 amide bonds. The first kappa shape index (κ1) is 14.9. The van der Waals surface area contributed by atoms with Crippen molar-refractivity contribution >= 4 is 0 Å². The lowest BCUT2D eigenvalue weighted by Crippen LogP contribution is -2.40. The molecule has 0 fully saturated rings. The Hall–Kier alpha value is -1.12. The monoisotopic (exact) mass is 247 g/mol. The van der Waals surface area contributed by atoms with E-state index in [0.717, 1.165) is 6.42 Å². The van der Waals surface area contributed by atoms with Gasteiger partial charge in [-0.15, -0.1) is 6.58 Å². The van der Waals surface area contributed by atoms with Gasteiger partial charge in [-0.05, 0) is 24.3 Å². The summed E-state index contributed by atoms with van der Waals surface area (Å²) in [5.74, 6) is 0. The second-order valence-electron chi connectivity index (χ2n) is 5.73. The van der Waals surface area contributed by atoms with E-state index in [0.29, 0.717) is 0 Å². The molecule has 0 saturated heterocycles. The molecule has 2 unspecified atom stereocenters. The smallest absolute Gasteiger partial charge is 0.101 e. The van der Waals surface area contributed by atoms with Gasteiger partial charge in [0.25, 0.3) is 0 Å². The van der Waals surface area contributed by atoms with Crippen LogP contribution in [0.4, 0.5) is 0 Å². The van der Waals surface area contributed by atoms with Crippen LogP contribution in [0.5, 0.6) is 0 Å². The fraction of sp³-hybridized carbons (Fsp3) is 0.500. The molecule has 0 aliphatic rings. The molecule has 0 heterocycles. The van der Waals surface area contributed by atoms with Crippen LogP contribution in [0.3, 0.4) is 0 Å². The van der Waals surface area contributed by atoms with Crippen LogP contribution in [0.1, 0.15) is 45.8 Å². The molecular formula is C16H25NO. The molecule has 1 N–H and O–H groups in total. The van der Waals surface area contributed by atoms with Crippen molar-refractivity contribution in [2.24, 2.45) is 5.41 Å². The van der Waals surface area contributed by atoms with Crippen molar-refractivity contribution in [2.45, 2.75) is 46.3 Å². The summed E-state index contributed by atoms with van der Waals surface area (Å²) in [4.78, 5) is 5.77. The van der Waals surface area contributed by atoms with E-state index in [1.165, 1.54) is 5.56 Å². The van der Waals surface area contributed by atoms with E-state index in [1.807, 2.05) is 24.3 Å². The van der Waals surface area contributed by atoms with Crippen LogP contribution in [0.2, 0.25) is 0 Å². The molecule has 1 aromatic rings. The molecule has 1 rings (SSSR count). The Balaban J connectivity index is 2.55. The molecule has 2 heteroatoms. The van der Waals surface area contributed by atoms with Gasteiger partial charge in [0.1, 0.15) is 6.10 Å². The molecule has 0 aliphatic carbocycles. The highest BCUT2D eigenvalue weighted by atomic mass is 16.7. The fourth-order valence-corrected chi connectivity index (χ4v) is 1.72. The van der Waals surface area contributed by atoms with Crippen molar-refractivity contribution in [1.29, 1.82) is 0 Å². The zero-order chi connectivity index (χ0) is 13.6. The van der Waals surface area contributed by atoms with Crippen molar-refractivity contribution in [1.82, 2.24) is 5.48 Å². The molecule has 0 saturated carbocycles. The molecule has 2 atom stereocenters. The highest BCUT2D eigenvalue weighted by molar-refractivity contribution is 5.16. The summed E-state index contributed by atoms with van der Waals surface area (Å²) < 4.78 is 0. The zero-order valence-electron chi connectivity index (χ0n) is 11.9. The van der Waals surface area contributed by atoms with Crippen molar-refractivity contribution in [3.05, 3.63) is 48.6 Å². The van der Waals surface area contributed by atoms with Crippen molar-refractivity contribution < 1.29 is 4.84 Å². The lowest BCUT2D eigenvalue weighted by Gasteiger charge is -2.31. The van der Waals surface area contributed by atoms with Crippen molar-refractivity contribution in [3.8, 4) is 0 Å². The maximum atomic E-state index is 5.77. The topological polar surface area (TPSA) is 21.3 Å². The van der Waals surface area contributed by atoms with Gasteiger partial charge in [0.05, 0.1) is 0 Å². The van der Waals surface area contributed by atoms with Gasteiger partial charge in [-0.1, -0.05) is 57.2 Å². The van der Waals surface area contributed by atoms with Crippen LogP contribution in [-0.2, 0) is 4.84 Å². The van der Waals surface area contributed by atoms with Crippen LogP contribution in [0.25, 0.3) is 0 Å². The summed E-state index contributed by atoms with van der Waals surface area (Å²) in [7, 11) is 0. The number of rotatable bonds is 6. The molecule has 0 spiro atoms. The van der Waals surface area contributed by atoms with E-state index < -0.39 is 0 Å². The maximum Gasteiger partial charge on any atom is 0.101 e. The first-order valence-electron chi connectivity index (χ1n) is 6.52. The predicted octanol–water partition coefficient (Wildman–Crippen LogP) is 4.26. The van der Waals surface area contributed by atoms with Gasteiger partial charge in [-0.3, -0.25) is 4.84 Å². The quantitative estimate of drug-likeness (QED) is 0.599. The van der Waals surface area contributed by atoms with Gasteiger partial charge >= 0.3 is 0 Å². The molecule has 0 bridgehead atoms. The van der Waals surface area contributed by atoms with Gasteiger partial charge in [-0.2, -0.15) is 5.48 Å². The third-order valence-electron chi connectivity index (χ3n) is 3.10. The van der Waals surface area contributed by atoms with E-state index >= 15 is 0 Å². The van der Waals surface area contributed by atoms with E-state index in [1.54, 1.807) is 0 Å². The summed E-state index contributed by atoms with van der Waals surface area (Å²) in [6.07, 6.45) is 2.87. The molecule has 100 valence electrons. The SMILES string of the molecule is C=CCC(NOC(C)c1ccccc1)C(C)(C)C. The summed E-state index contributed by atoms with van der Waals surface area (Å²) >= 11 is 0. The number of hydrogen-bond acceptors (Lipinski definition) is 2. The number of benzene rings is 1. The molecule has 0 aromatic heterocycles. The fourth-order valence-electron chi connectivity index (χ4n) is 1.72. The van der Waals surface area contributed by atoms with Crippen LogP contribution < -0.4 is 5.48 Å². The van der Waals surface area contributed by atoms with Crippen LogP contribution in [0, 0.1) is 5.41 Å². The first-order valence-corrected chi connectivity index (χ1v) is 6.52. The second-order valence-corrected chi connectivity index (χ2v) is 5.73. The van der Waals surface area contributed by atoms with Crippen LogP contribution >= 0.6 is 0 Å². The maximum absolute atomic E-state index is 5.77. The third-order valence-corrected chi connectivity index (χ3v) is 3.10. The van der Waals surface area contributed by atoms with E-state index in [-0.39, 0.29) is 17.6 Å². The number of hydrogen-bond donors (Lipinski definition) is 1. The van der Waals surface area contributed by atoms with E-state index in [4.69, 9.17) is 4.84 Å². The van der Waals surface area contributed by atoms with Crippen molar-refractivity contribution in [2.75, 3.05) is 0 Å². The second kappa shape index (κ2) is 6.72. The molecule has 0 radical (unpaired) electrons. The Morgan fingerprint density at radius 2 is 1.89 bits per heavy atom. The first-order chi connectivity index (χ1) is 8.45. The summed E-state index contributed by atoms with van der Waals surface area (Å²) in [5, 5.41) is 0. The largest absolute Gasteiger partial charge is 0.294 e. The van der Waals surface area contributed by atoms with Gasteiger partial charge in [0.2, 0.25) is 0 Å². The molecular weight excluding hydrogens is 222 g/mol. The zero-order valence-corrected chi connectivity index (χ0v) is 11.9. The average molecular weight is 247 g/mol. The Bertz CT molecular complexity index is 353. The third kappa shape index (κ3) is 4.63. The summed E-state index contributed by atoms with van der Waals surface area (Å²) in [5.41, 5.74) is 4.51. The summed E-state index contributed by atoms with van der Waals surface area (Å²) in [6.45, 7) is 12.5. The van der Waals surface area contributed by atoms with Gasteiger partial charge < -0.3 is 0 Å². The highest BCUT2D eigenvalue weighted by Gasteiger charge is 2.24. The predicted molar refractivity (Wildman–Crippen MR) is 77.1 cm³/mol. The lowest BCUT2D eigenvalue weighted by molar-refractivity contribution is -0.0564. The highest BCUT2D eigenvalue weighted by Crippen LogP contribution is 2.23. The van der Waals surface area contributed by atoms with Gasteiger partial charge in [0, 0.05) is 6.04 Å². The number of hydroxylamine groups is 1. The minimum absolute atomic E-state index is 0.0425. The van der Waals surface area contributed by atoms with Crippen molar-refractivity contribution in [3.63, 3.8) is 0 Å². The molecule has 0 aliphatic heterocycles.